The summed E-state index contributed by atoms with van der Waals surface area (Å²) in [6.45, 7) is 0. The molecule has 0 saturated heterocycles. The van der Waals surface area contributed by atoms with E-state index in [4.69, 9.17) is 11.6 Å². The zero-order valence-electron chi connectivity index (χ0n) is 8.77. The van der Waals surface area contributed by atoms with E-state index < -0.39 is 0 Å². The number of rotatable bonds is 0. The lowest BCUT2D eigenvalue weighted by Crippen LogP contribution is -2.05. The van der Waals surface area contributed by atoms with Gasteiger partial charge < -0.3 is 0 Å². The van der Waals surface area contributed by atoms with Crippen molar-refractivity contribution >= 4 is 47.1 Å². The first-order valence-electron chi connectivity index (χ1n) is 5.13. The molecule has 5 heteroatoms. The third kappa shape index (κ3) is 2.17. The monoisotopic (exact) mass is 281 g/mol. The minimum absolute atomic E-state index is 0.157. The first-order chi connectivity index (χ1) is 8.24. The summed E-state index contributed by atoms with van der Waals surface area (Å²) >= 11 is 9.12. The highest BCUT2D eigenvalue weighted by molar-refractivity contribution is 8.10. The van der Waals surface area contributed by atoms with Crippen LogP contribution in [0.2, 0.25) is 0 Å². The Hall–Kier alpha value is -0.710. The van der Waals surface area contributed by atoms with Gasteiger partial charge in [-0.15, -0.1) is 11.8 Å². The fourth-order valence-electron chi connectivity index (χ4n) is 1.72. The van der Waals surface area contributed by atoms with Gasteiger partial charge in [-0.05, 0) is 12.2 Å². The molecule has 3 aliphatic rings. The van der Waals surface area contributed by atoms with Gasteiger partial charge in [-0.1, -0.05) is 29.4 Å². The van der Waals surface area contributed by atoms with Gasteiger partial charge in [0.25, 0.3) is 0 Å². The van der Waals surface area contributed by atoms with E-state index >= 15 is 0 Å². The van der Waals surface area contributed by atoms with Gasteiger partial charge in [-0.25, -0.2) is 0 Å². The number of carbonyl (C=O) groups excluding carboxylic acids is 1. The quantitative estimate of drug-likeness (QED) is 0.679. The van der Waals surface area contributed by atoms with Crippen molar-refractivity contribution in [3.05, 3.63) is 43.7 Å². The summed E-state index contributed by atoms with van der Waals surface area (Å²) in [5, 5.41) is 0. The second kappa shape index (κ2) is 4.52. The Kier molecular flexibility index (Phi) is 3.03. The summed E-state index contributed by atoms with van der Waals surface area (Å²) in [4.78, 5) is 18.1. The van der Waals surface area contributed by atoms with E-state index in [0.717, 1.165) is 31.2 Å². The van der Waals surface area contributed by atoms with Gasteiger partial charge in [0.1, 0.15) is 0 Å². The third-order valence-electron chi connectivity index (χ3n) is 2.56. The van der Waals surface area contributed by atoms with E-state index in [1.165, 1.54) is 11.8 Å². The average Bonchev–Trinajstić information content (AvgIpc) is 2.49. The molecule has 0 saturated carbocycles. The standard InChI is InChI=1S/C12H8ClNOS2/c13-11-4-7-5-14-8-2-1-3-9(15)12(8)17-10(7)6-16-11/h1-2,4-5H,3,6H2. The SMILES string of the molecule is O=C1CC=CC2=C1SC1=C(C=N2)C=C(Cl)SC1. The van der Waals surface area contributed by atoms with Gasteiger partial charge in [-0.2, -0.15) is 0 Å². The highest BCUT2D eigenvalue weighted by Gasteiger charge is 2.23. The van der Waals surface area contributed by atoms with Crippen LogP contribution in [0.5, 0.6) is 0 Å². The zero-order valence-corrected chi connectivity index (χ0v) is 11.2. The summed E-state index contributed by atoms with van der Waals surface area (Å²) in [5.74, 6) is 0.971. The maximum Gasteiger partial charge on any atom is 0.175 e. The number of aliphatic imine (C=N–C) groups is 1. The highest BCUT2D eigenvalue weighted by atomic mass is 35.5. The third-order valence-corrected chi connectivity index (χ3v) is 5.28. The minimum Gasteiger partial charge on any atom is -0.293 e. The Bertz CT molecular complexity index is 555. The first-order valence-corrected chi connectivity index (χ1v) is 7.31. The molecule has 0 N–H and O–H groups in total. The van der Waals surface area contributed by atoms with Gasteiger partial charge in [0.15, 0.2) is 5.78 Å². The summed E-state index contributed by atoms with van der Waals surface area (Å²) < 4.78 is 0.776. The number of carbonyl (C=O) groups is 1. The molecule has 0 aromatic carbocycles. The molecule has 0 spiro atoms. The van der Waals surface area contributed by atoms with Crippen LogP contribution in [-0.4, -0.2) is 17.8 Å². The molecule has 2 aliphatic heterocycles. The van der Waals surface area contributed by atoms with Crippen LogP contribution < -0.4 is 0 Å². The Balaban J connectivity index is 2.04. The summed E-state index contributed by atoms with van der Waals surface area (Å²) in [7, 11) is 0. The van der Waals surface area contributed by atoms with Crippen LogP contribution in [0.15, 0.2) is 48.7 Å². The topological polar surface area (TPSA) is 29.4 Å². The number of Topliss-reactive ketones (excluding diaryl/α,β-unsaturated/α-hetero) is 1. The van der Waals surface area contributed by atoms with Gasteiger partial charge in [-0.3, -0.25) is 9.79 Å². The number of allylic oxidation sites excluding steroid dienone is 5. The van der Waals surface area contributed by atoms with Gasteiger partial charge >= 0.3 is 0 Å². The van der Waals surface area contributed by atoms with E-state index in [-0.39, 0.29) is 5.78 Å². The maximum absolute atomic E-state index is 11.8. The normalized spacial score (nSPS) is 23.4. The molecular formula is C12H8ClNOS2. The largest absolute Gasteiger partial charge is 0.293 e. The lowest BCUT2D eigenvalue weighted by atomic mass is 10.1. The van der Waals surface area contributed by atoms with Gasteiger partial charge in [0.05, 0.1) is 15.0 Å². The zero-order chi connectivity index (χ0) is 11.8. The summed E-state index contributed by atoms with van der Waals surface area (Å²) in [6.07, 6.45) is 7.97. The fraction of sp³-hybridized carbons (Fsp3) is 0.167. The van der Waals surface area contributed by atoms with Crippen molar-refractivity contribution in [1.29, 1.82) is 0 Å². The van der Waals surface area contributed by atoms with Crippen molar-refractivity contribution < 1.29 is 4.79 Å². The van der Waals surface area contributed by atoms with Crippen LogP contribution >= 0.6 is 35.1 Å². The molecule has 2 nitrogen and oxygen atoms in total. The van der Waals surface area contributed by atoms with Crippen LogP contribution in [0.25, 0.3) is 0 Å². The number of hydrogen-bond acceptors (Lipinski definition) is 4. The number of halogens is 1. The molecule has 0 aromatic rings. The van der Waals surface area contributed by atoms with Crippen molar-refractivity contribution in [1.82, 2.24) is 0 Å². The van der Waals surface area contributed by atoms with Crippen LogP contribution in [0.3, 0.4) is 0 Å². The minimum atomic E-state index is 0.157. The summed E-state index contributed by atoms with van der Waals surface area (Å²) in [6, 6.07) is 0. The predicted molar refractivity (Wildman–Crippen MR) is 75.3 cm³/mol. The highest BCUT2D eigenvalue weighted by Crippen LogP contribution is 2.42. The van der Waals surface area contributed by atoms with E-state index in [2.05, 4.69) is 4.99 Å². The Morgan fingerprint density at radius 1 is 1.41 bits per heavy atom. The van der Waals surface area contributed by atoms with E-state index in [9.17, 15) is 4.79 Å². The first kappa shape index (κ1) is 11.4. The predicted octanol–water partition coefficient (Wildman–Crippen LogP) is 3.63. The number of ketones is 1. The Labute approximate surface area is 113 Å². The van der Waals surface area contributed by atoms with Crippen molar-refractivity contribution in [3.63, 3.8) is 0 Å². The molecular weight excluding hydrogens is 274 g/mol. The van der Waals surface area contributed by atoms with Crippen LogP contribution in [0.4, 0.5) is 0 Å². The van der Waals surface area contributed by atoms with E-state index in [0.29, 0.717) is 6.42 Å². The molecule has 17 heavy (non-hydrogen) atoms. The fourth-order valence-corrected chi connectivity index (χ4v) is 3.96. The molecule has 3 rings (SSSR count). The molecule has 0 bridgehead atoms. The number of nitrogens with zero attached hydrogens (tertiary/aromatic N) is 1. The molecule has 0 amide bonds. The molecule has 0 radical (unpaired) electrons. The van der Waals surface area contributed by atoms with Crippen molar-refractivity contribution in [2.75, 3.05) is 5.75 Å². The molecule has 0 fully saturated rings. The number of thioether (sulfide) groups is 2. The molecule has 0 aromatic heterocycles. The Morgan fingerprint density at radius 3 is 3.18 bits per heavy atom. The Morgan fingerprint density at radius 2 is 2.29 bits per heavy atom. The molecule has 0 unspecified atom stereocenters. The molecule has 2 heterocycles. The second-order valence-electron chi connectivity index (χ2n) is 3.72. The van der Waals surface area contributed by atoms with Gasteiger partial charge in [0.2, 0.25) is 0 Å². The lowest BCUT2D eigenvalue weighted by Gasteiger charge is -2.14. The molecule has 0 atom stereocenters. The van der Waals surface area contributed by atoms with Gasteiger partial charge in [0, 0.05) is 28.9 Å². The van der Waals surface area contributed by atoms with E-state index in [1.54, 1.807) is 18.0 Å². The average molecular weight is 282 g/mol. The lowest BCUT2D eigenvalue weighted by molar-refractivity contribution is -0.114. The maximum atomic E-state index is 11.8. The van der Waals surface area contributed by atoms with Crippen molar-refractivity contribution in [3.8, 4) is 0 Å². The smallest absolute Gasteiger partial charge is 0.175 e. The van der Waals surface area contributed by atoms with E-state index in [1.807, 2.05) is 18.2 Å². The van der Waals surface area contributed by atoms with Crippen molar-refractivity contribution in [2.45, 2.75) is 6.42 Å². The van der Waals surface area contributed by atoms with Crippen LogP contribution in [0.1, 0.15) is 6.42 Å². The van der Waals surface area contributed by atoms with Crippen LogP contribution in [-0.2, 0) is 4.79 Å². The molecule has 1 aliphatic carbocycles. The molecule has 86 valence electrons. The van der Waals surface area contributed by atoms with Crippen LogP contribution in [0, 0.1) is 0 Å². The number of hydrogen-bond donors (Lipinski definition) is 0. The van der Waals surface area contributed by atoms with Crippen molar-refractivity contribution in [2.24, 2.45) is 4.99 Å². The second-order valence-corrected chi connectivity index (χ2v) is 6.47. The summed E-state index contributed by atoms with van der Waals surface area (Å²) in [5.41, 5.74) is 1.80.